The molecule has 2 atom stereocenters. The number of carbonyl (C=O) groups excluding carboxylic acids is 1. The number of benzene rings is 2. The van der Waals surface area contributed by atoms with Crippen LogP contribution in [0.5, 0.6) is 0 Å². The predicted octanol–water partition coefficient (Wildman–Crippen LogP) is 5.01. The Morgan fingerprint density at radius 2 is 1.79 bits per heavy atom. The highest BCUT2D eigenvalue weighted by molar-refractivity contribution is 5.97. The summed E-state index contributed by atoms with van der Waals surface area (Å²) >= 11 is 0. The molecule has 6 rings (SSSR count). The molecule has 4 heterocycles. The van der Waals surface area contributed by atoms with Crippen molar-refractivity contribution in [3.05, 3.63) is 71.4 Å². The molecule has 34 heavy (non-hydrogen) atoms. The van der Waals surface area contributed by atoms with Crippen molar-refractivity contribution in [2.45, 2.75) is 51.1 Å². The highest BCUT2D eigenvalue weighted by Gasteiger charge is 2.43. The van der Waals surface area contributed by atoms with Gasteiger partial charge in [-0.3, -0.25) is 9.78 Å². The number of rotatable bonds is 4. The van der Waals surface area contributed by atoms with Crippen LogP contribution in [0, 0.1) is 12.8 Å². The molecule has 1 amide bonds. The van der Waals surface area contributed by atoms with E-state index in [1.807, 2.05) is 24.4 Å². The first kappa shape index (κ1) is 21.6. The number of piperidine rings is 1. The maximum absolute atomic E-state index is 13.8. The number of morpholine rings is 1. The second-order valence-electron chi connectivity index (χ2n) is 10.2. The molecule has 176 valence electrons. The molecule has 3 fully saturated rings. The van der Waals surface area contributed by atoms with Crippen molar-refractivity contribution in [3.63, 3.8) is 0 Å². The van der Waals surface area contributed by atoms with Crippen LogP contribution in [-0.2, 0) is 11.2 Å². The molecule has 3 saturated heterocycles. The highest BCUT2D eigenvalue weighted by Crippen LogP contribution is 2.41. The zero-order valence-electron chi connectivity index (χ0n) is 20.0. The Bertz CT molecular complexity index is 1190. The van der Waals surface area contributed by atoms with Gasteiger partial charge in [0.2, 0.25) is 0 Å². The minimum Gasteiger partial charge on any atom is -0.378 e. The molecule has 2 bridgehead atoms. The number of para-hydroxylation sites is 1. The summed E-state index contributed by atoms with van der Waals surface area (Å²) < 4.78 is 5.52. The first-order valence-corrected chi connectivity index (χ1v) is 12.8. The third kappa shape index (κ3) is 3.96. The lowest BCUT2D eigenvalue weighted by atomic mass is 9.85. The van der Waals surface area contributed by atoms with E-state index in [0.29, 0.717) is 18.0 Å². The van der Waals surface area contributed by atoms with E-state index in [1.54, 1.807) is 0 Å². The van der Waals surface area contributed by atoms with E-state index in [0.717, 1.165) is 75.1 Å². The Morgan fingerprint density at radius 3 is 2.59 bits per heavy atom. The number of fused-ring (bicyclic) bond motifs is 3. The number of carbonyl (C=O) groups is 1. The van der Waals surface area contributed by atoms with Crippen LogP contribution in [0.4, 0.5) is 5.69 Å². The summed E-state index contributed by atoms with van der Waals surface area (Å²) in [6.07, 6.45) is 7.55. The van der Waals surface area contributed by atoms with Crippen molar-refractivity contribution in [2.24, 2.45) is 5.92 Å². The lowest BCUT2D eigenvalue weighted by Crippen LogP contribution is -2.47. The molecule has 0 aliphatic carbocycles. The van der Waals surface area contributed by atoms with Crippen molar-refractivity contribution >= 4 is 22.5 Å². The van der Waals surface area contributed by atoms with Gasteiger partial charge in [0.1, 0.15) is 0 Å². The maximum atomic E-state index is 13.8. The second kappa shape index (κ2) is 9.03. The van der Waals surface area contributed by atoms with E-state index in [2.05, 4.69) is 52.0 Å². The monoisotopic (exact) mass is 455 g/mol. The summed E-state index contributed by atoms with van der Waals surface area (Å²) in [7, 11) is 0. The molecule has 3 aliphatic heterocycles. The highest BCUT2D eigenvalue weighted by atomic mass is 16.5. The van der Waals surface area contributed by atoms with Crippen LogP contribution in [0.25, 0.3) is 10.9 Å². The average molecular weight is 456 g/mol. The molecule has 3 aromatic rings. The molecular formula is C29H33N3O2. The Labute approximate surface area is 201 Å². The fraction of sp³-hybridized carbons (Fsp3) is 0.448. The average Bonchev–Trinajstić information content (AvgIpc) is 3.14. The molecule has 5 heteroatoms. The van der Waals surface area contributed by atoms with E-state index < -0.39 is 0 Å². The number of aromatic nitrogens is 1. The Hall–Kier alpha value is -2.92. The number of amides is 1. The van der Waals surface area contributed by atoms with Crippen LogP contribution in [0.1, 0.15) is 47.2 Å². The summed E-state index contributed by atoms with van der Waals surface area (Å²) in [5.41, 5.74) is 5.54. The third-order valence-electron chi connectivity index (χ3n) is 8.12. The Balaban J connectivity index is 1.18. The van der Waals surface area contributed by atoms with Crippen molar-refractivity contribution in [3.8, 4) is 0 Å². The van der Waals surface area contributed by atoms with E-state index >= 15 is 0 Å². The van der Waals surface area contributed by atoms with Crippen molar-refractivity contribution in [1.82, 2.24) is 9.88 Å². The number of anilines is 1. The summed E-state index contributed by atoms with van der Waals surface area (Å²) in [5, 5.41) is 1.21. The van der Waals surface area contributed by atoms with E-state index in [9.17, 15) is 4.79 Å². The molecule has 0 spiro atoms. The molecular weight excluding hydrogens is 422 g/mol. The fourth-order valence-electron chi connectivity index (χ4n) is 6.49. The minimum atomic E-state index is 0.228. The second-order valence-corrected chi connectivity index (χ2v) is 10.2. The van der Waals surface area contributed by atoms with Crippen LogP contribution in [0.2, 0.25) is 0 Å². The molecule has 0 N–H and O–H groups in total. The topological polar surface area (TPSA) is 45.7 Å². The number of hydrogen-bond acceptors (Lipinski definition) is 4. The fourth-order valence-corrected chi connectivity index (χ4v) is 6.49. The maximum Gasteiger partial charge on any atom is 0.254 e. The first-order valence-electron chi connectivity index (χ1n) is 12.8. The van der Waals surface area contributed by atoms with Crippen LogP contribution in [-0.4, -0.2) is 54.2 Å². The molecule has 0 saturated carbocycles. The van der Waals surface area contributed by atoms with E-state index in [1.165, 1.54) is 16.6 Å². The third-order valence-corrected chi connectivity index (χ3v) is 8.12. The number of nitrogens with zero attached hydrogens (tertiary/aromatic N) is 3. The summed E-state index contributed by atoms with van der Waals surface area (Å²) in [6.45, 7) is 5.39. The van der Waals surface area contributed by atoms with Gasteiger partial charge in [0.05, 0.1) is 18.7 Å². The van der Waals surface area contributed by atoms with Crippen molar-refractivity contribution in [2.75, 3.05) is 31.2 Å². The SMILES string of the molecule is Cc1c(C(=O)N2[C@H]3CC[C@H]2CC(Cc2cnc4ccccc4c2)C3)cccc1N1CCOCC1. The molecule has 3 aliphatic rings. The lowest BCUT2D eigenvalue weighted by molar-refractivity contribution is 0.0524. The normalized spacial score (nSPS) is 24.6. The van der Waals surface area contributed by atoms with E-state index in [4.69, 9.17) is 4.74 Å². The standard InChI is InChI=1S/C29H33N3O2/c1-20-26(6-4-8-28(20)31-11-13-34-14-12-31)29(33)32-24-9-10-25(32)18-21(17-24)15-22-16-23-5-2-3-7-27(23)30-19-22/h2-8,16,19,21,24-25H,9-15,17-18H2,1H3/t24-,25-/m0/s1. The van der Waals surface area contributed by atoms with Crippen LogP contribution >= 0.6 is 0 Å². The molecule has 0 unspecified atom stereocenters. The number of hydrogen-bond donors (Lipinski definition) is 0. The molecule has 0 radical (unpaired) electrons. The summed E-state index contributed by atoms with van der Waals surface area (Å²) in [4.78, 5) is 23.1. The van der Waals surface area contributed by atoms with Gasteiger partial charge in [0.25, 0.3) is 5.91 Å². The van der Waals surface area contributed by atoms with Gasteiger partial charge in [-0.05, 0) is 80.3 Å². The van der Waals surface area contributed by atoms with Crippen molar-refractivity contribution in [1.29, 1.82) is 0 Å². The summed E-state index contributed by atoms with van der Waals surface area (Å²) in [6, 6.07) is 17.6. The largest absolute Gasteiger partial charge is 0.378 e. The van der Waals surface area contributed by atoms with Gasteiger partial charge in [-0.2, -0.15) is 0 Å². The lowest BCUT2D eigenvalue weighted by Gasteiger charge is -2.39. The van der Waals surface area contributed by atoms with Gasteiger partial charge in [0.15, 0.2) is 0 Å². The van der Waals surface area contributed by atoms with Gasteiger partial charge < -0.3 is 14.5 Å². The molecule has 2 aromatic carbocycles. The number of pyridine rings is 1. The quantitative estimate of drug-likeness (QED) is 0.555. The zero-order chi connectivity index (χ0) is 23.1. The first-order chi connectivity index (χ1) is 16.7. The van der Waals surface area contributed by atoms with Crippen molar-refractivity contribution < 1.29 is 9.53 Å². The predicted molar refractivity (Wildman–Crippen MR) is 135 cm³/mol. The zero-order valence-corrected chi connectivity index (χ0v) is 20.0. The van der Waals surface area contributed by atoms with Crippen LogP contribution in [0.15, 0.2) is 54.7 Å². The van der Waals surface area contributed by atoms with Gasteiger partial charge in [-0.1, -0.05) is 24.3 Å². The van der Waals surface area contributed by atoms with Gasteiger partial charge in [-0.15, -0.1) is 0 Å². The number of ether oxygens (including phenoxy) is 1. The van der Waals surface area contributed by atoms with Gasteiger partial charge >= 0.3 is 0 Å². The van der Waals surface area contributed by atoms with Gasteiger partial charge in [-0.25, -0.2) is 0 Å². The van der Waals surface area contributed by atoms with Crippen LogP contribution < -0.4 is 4.90 Å². The Kier molecular flexibility index (Phi) is 5.74. The van der Waals surface area contributed by atoms with E-state index in [-0.39, 0.29) is 5.91 Å². The smallest absolute Gasteiger partial charge is 0.254 e. The molecule has 5 nitrogen and oxygen atoms in total. The minimum absolute atomic E-state index is 0.228. The molecule has 1 aromatic heterocycles. The van der Waals surface area contributed by atoms with Crippen LogP contribution in [0.3, 0.4) is 0 Å². The Morgan fingerprint density at radius 1 is 1.03 bits per heavy atom. The summed E-state index contributed by atoms with van der Waals surface area (Å²) in [5.74, 6) is 0.844. The van der Waals surface area contributed by atoms with Gasteiger partial charge in [0, 0.05) is 48.0 Å².